The third-order valence-corrected chi connectivity index (χ3v) is 5.09. The van der Waals surface area contributed by atoms with Gasteiger partial charge >= 0.3 is 0 Å². The fraction of sp³-hybridized carbons (Fsp3) is 0.107. The number of ketones is 1. The molecule has 4 aromatic carbocycles. The Morgan fingerprint density at radius 2 is 1.22 bits per heavy atom. The molecule has 0 aliphatic heterocycles. The number of carbonyl (C=O) groups is 1. The lowest BCUT2D eigenvalue weighted by atomic mass is 10.0. The lowest BCUT2D eigenvalue weighted by molar-refractivity contribution is 0.103. The minimum Gasteiger partial charge on any atom is -0.489 e. The first-order valence-electron chi connectivity index (χ1n) is 10.5. The predicted molar refractivity (Wildman–Crippen MR) is 126 cm³/mol. The van der Waals surface area contributed by atoms with Crippen molar-refractivity contribution >= 4 is 5.78 Å². The Kier molecular flexibility index (Phi) is 6.95. The highest BCUT2D eigenvalue weighted by Gasteiger charge is 2.09. The van der Waals surface area contributed by atoms with Crippen LogP contribution in [0.25, 0.3) is 0 Å². The van der Waals surface area contributed by atoms with Gasteiger partial charge in [-0.15, -0.1) is 0 Å². The van der Waals surface area contributed by atoms with Crippen molar-refractivity contribution < 1.29 is 14.3 Å². The van der Waals surface area contributed by atoms with Crippen molar-refractivity contribution in [3.05, 3.63) is 131 Å². The van der Waals surface area contributed by atoms with Crippen LogP contribution in [-0.4, -0.2) is 5.78 Å². The van der Waals surface area contributed by atoms with Gasteiger partial charge in [0.1, 0.15) is 24.7 Å². The van der Waals surface area contributed by atoms with Crippen LogP contribution >= 0.6 is 0 Å². The van der Waals surface area contributed by atoms with Gasteiger partial charge in [0.05, 0.1) is 0 Å². The molecule has 0 atom stereocenters. The molecule has 0 saturated heterocycles. The lowest BCUT2D eigenvalue weighted by Crippen LogP contribution is -2.02. The zero-order valence-corrected chi connectivity index (χ0v) is 17.7. The number of rotatable bonds is 9. The molecule has 0 saturated carbocycles. The summed E-state index contributed by atoms with van der Waals surface area (Å²) < 4.78 is 11.8. The van der Waals surface area contributed by atoms with E-state index in [4.69, 9.17) is 15.2 Å². The SMILES string of the molecule is NCc1ccc(OCc2cccc(COc3cccc(C(=O)c4ccccc4)c3)c2)cc1. The average Bonchev–Trinajstić information content (AvgIpc) is 2.87. The zero-order chi connectivity index (χ0) is 22.2. The van der Waals surface area contributed by atoms with E-state index in [-0.39, 0.29) is 5.78 Å². The normalized spacial score (nSPS) is 10.5. The summed E-state index contributed by atoms with van der Waals surface area (Å²) in [4.78, 5) is 12.7. The van der Waals surface area contributed by atoms with Gasteiger partial charge in [-0.05, 0) is 47.0 Å². The van der Waals surface area contributed by atoms with Crippen LogP contribution in [0.15, 0.2) is 103 Å². The summed E-state index contributed by atoms with van der Waals surface area (Å²) in [5, 5.41) is 0. The van der Waals surface area contributed by atoms with Gasteiger partial charge in [0.25, 0.3) is 0 Å². The first kappa shape index (κ1) is 21.3. The molecule has 4 aromatic rings. The van der Waals surface area contributed by atoms with Gasteiger partial charge in [-0.25, -0.2) is 0 Å². The molecule has 0 fully saturated rings. The minimum absolute atomic E-state index is 0.0188. The Morgan fingerprint density at radius 3 is 1.91 bits per heavy atom. The number of hydrogen-bond donors (Lipinski definition) is 1. The maximum atomic E-state index is 12.7. The molecule has 0 spiro atoms. The van der Waals surface area contributed by atoms with E-state index < -0.39 is 0 Å². The van der Waals surface area contributed by atoms with Gasteiger partial charge < -0.3 is 15.2 Å². The van der Waals surface area contributed by atoms with Crippen LogP contribution in [0, 0.1) is 0 Å². The van der Waals surface area contributed by atoms with Crippen LogP contribution in [-0.2, 0) is 19.8 Å². The van der Waals surface area contributed by atoms with Crippen molar-refractivity contribution in [2.45, 2.75) is 19.8 Å². The molecule has 32 heavy (non-hydrogen) atoms. The predicted octanol–water partition coefficient (Wildman–Crippen LogP) is 5.53. The summed E-state index contributed by atoms with van der Waals surface area (Å²) in [5.41, 5.74) is 10.1. The highest BCUT2D eigenvalue weighted by molar-refractivity contribution is 6.09. The second kappa shape index (κ2) is 10.4. The molecule has 0 aliphatic rings. The molecule has 0 heterocycles. The smallest absolute Gasteiger partial charge is 0.193 e. The first-order chi connectivity index (χ1) is 15.7. The molecule has 0 aliphatic carbocycles. The van der Waals surface area contributed by atoms with E-state index in [0.29, 0.717) is 36.6 Å². The molecule has 4 rings (SSSR count). The molecule has 4 heteroatoms. The molecule has 2 N–H and O–H groups in total. The standard InChI is InChI=1S/C28H25NO3/c29-18-21-12-14-26(15-13-21)31-19-22-6-4-7-23(16-22)20-32-27-11-5-10-25(17-27)28(30)24-8-2-1-3-9-24/h1-17H,18-20,29H2. The van der Waals surface area contributed by atoms with Crippen LogP contribution in [0.4, 0.5) is 0 Å². The van der Waals surface area contributed by atoms with Gasteiger partial charge in [-0.2, -0.15) is 0 Å². The second-order valence-electron chi connectivity index (χ2n) is 7.47. The molecule has 0 amide bonds. The molecule has 0 unspecified atom stereocenters. The summed E-state index contributed by atoms with van der Waals surface area (Å²) >= 11 is 0. The Morgan fingerprint density at radius 1 is 0.594 bits per heavy atom. The summed E-state index contributed by atoms with van der Waals surface area (Å²) in [6.07, 6.45) is 0. The largest absolute Gasteiger partial charge is 0.489 e. The van der Waals surface area contributed by atoms with Crippen LogP contribution < -0.4 is 15.2 Å². The molecular weight excluding hydrogens is 398 g/mol. The Balaban J connectivity index is 1.36. The van der Waals surface area contributed by atoms with E-state index in [1.165, 1.54) is 0 Å². The van der Waals surface area contributed by atoms with Gasteiger partial charge in [-0.3, -0.25) is 4.79 Å². The second-order valence-corrected chi connectivity index (χ2v) is 7.47. The van der Waals surface area contributed by atoms with Gasteiger partial charge in [0.2, 0.25) is 0 Å². The van der Waals surface area contributed by atoms with E-state index in [1.807, 2.05) is 84.9 Å². The van der Waals surface area contributed by atoms with Crippen molar-refractivity contribution in [2.24, 2.45) is 5.73 Å². The average molecular weight is 424 g/mol. The van der Waals surface area contributed by atoms with E-state index in [9.17, 15) is 4.79 Å². The summed E-state index contributed by atoms with van der Waals surface area (Å²) in [6.45, 7) is 1.39. The fourth-order valence-electron chi connectivity index (χ4n) is 3.35. The van der Waals surface area contributed by atoms with Gasteiger partial charge in [0, 0.05) is 17.7 Å². The van der Waals surface area contributed by atoms with E-state index in [0.717, 1.165) is 22.4 Å². The van der Waals surface area contributed by atoms with Gasteiger partial charge in [0.15, 0.2) is 5.78 Å². The van der Waals surface area contributed by atoms with E-state index in [2.05, 4.69) is 6.07 Å². The first-order valence-corrected chi connectivity index (χ1v) is 10.5. The van der Waals surface area contributed by atoms with Crippen molar-refractivity contribution in [1.29, 1.82) is 0 Å². The van der Waals surface area contributed by atoms with Crippen molar-refractivity contribution in [3.63, 3.8) is 0 Å². The summed E-state index contributed by atoms with van der Waals surface area (Å²) in [6, 6.07) is 32.4. The molecular formula is C28H25NO3. The number of ether oxygens (including phenoxy) is 2. The highest BCUT2D eigenvalue weighted by atomic mass is 16.5. The van der Waals surface area contributed by atoms with E-state index in [1.54, 1.807) is 12.1 Å². The molecule has 0 radical (unpaired) electrons. The van der Waals surface area contributed by atoms with Crippen molar-refractivity contribution in [1.82, 2.24) is 0 Å². The van der Waals surface area contributed by atoms with Crippen molar-refractivity contribution in [3.8, 4) is 11.5 Å². The lowest BCUT2D eigenvalue weighted by Gasteiger charge is -2.10. The number of nitrogens with two attached hydrogens (primary N) is 1. The van der Waals surface area contributed by atoms with Crippen LogP contribution in [0.1, 0.15) is 32.6 Å². The molecule has 4 nitrogen and oxygen atoms in total. The topological polar surface area (TPSA) is 61.6 Å². The van der Waals surface area contributed by atoms with Gasteiger partial charge in [-0.1, -0.05) is 72.8 Å². The van der Waals surface area contributed by atoms with Crippen LogP contribution in [0.3, 0.4) is 0 Å². The molecule has 160 valence electrons. The summed E-state index contributed by atoms with van der Waals surface area (Å²) in [5.74, 6) is 1.45. The third kappa shape index (κ3) is 5.62. The number of benzene rings is 4. The Hall–Kier alpha value is -3.89. The minimum atomic E-state index is -0.0188. The maximum Gasteiger partial charge on any atom is 0.193 e. The van der Waals surface area contributed by atoms with Crippen LogP contribution in [0.2, 0.25) is 0 Å². The quantitative estimate of drug-likeness (QED) is 0.359. The number of hydrogen-bond acceptors (Lipinski definition) is 4. The van der Waals surface area contributed by atoms with Crippen LogP contribution in [0.5, 0.6) is 11.5 Å². The Bertz CT molecular complexity index is 1170. The van der Waals surface area contributed by atoms with E-state index >= 15 is 0 Å². The fourth-order valence-corrected chi connectivity index (χ4v) is 3.35. The van der Waals surface area contributed by atoms with Crippen molar-refractivity contribution in [2.75, 3.05) is 0 Å². The zero-order valence-electron chi connectivity index (χ0n) is 17.7. The molecule has 0 bridgehead atoms. The monoisotopic (exact) mass is 423 g/mol. The molecule has 0 aromatic heterocycles. The summed E-state index contributed by atoms with van der Waals surface area (Å²) in [7, 11) is 0. The number of carbonyl (C=O) groups excluding carboxylic acids is 1. The Labute approximate surface area is 188 Å². The third-order valence-electron chi connectivity index (χ3n) is 5.09. The maximum absolute atomic E-state index is 12.7. The highest BCUT2D eigenvalue weighted by Crippen LogP contribution is 2.19.